The predicted molar refractivity (Wildman–Crippen MR) is 84.1 cm³/mol. The summed E-state index contributed by atoms with van der Waals surface area (Å²) in [6, 6.07) is 0. The maximum absolute atomic E-state index is 2.33. The molecular weight excluding hydrogens is 220 g/mol. The van der Waals surface area contributed by atoms with E-state index in [2.05, 4.69) is 20.8 Å². The van der Waals surface area contributed by atoms with E-state index in [0.29, 0.717) is 0 Å². The van der Waals surface area contributed by atoms with Crippen LogP contribution in [-0.2, 0) is 0 Å². The Morgan fingerprint density at radius 3 is 1.22 bits per heavy atom. The minimum Gasteiger partial charge on any atom is -0.412 e. The Morgan fingerprint density at radius 2 is 0.889 bits per heavy atom. The van der Waals surface area contributed by atoms with Crippen molar-refractivity contribution in [3.8, 4) is 0 Å². The van der Waals surface area contributed by atoms with E-state index >= 15 is 0 Å². The second kappa shape index (κ2) is 17.0. The second-order valence-electron chi connectivity index (χ2n) is 6.07. The fourth-order valence-corrected chi connectivity index (χ4v) is 2.39. The van der Waals surface area contributed by atoms with Gasteiger partial charge in [0.15, 0.2) is 0 Å². The van der Waals surface area contributed by atoms with Gasteiger partial charge in [0.1, 0.15) is 0 Å². The third-order valence-corrected chi connectivity index (χ3v) is 3.64. The highest BCUT2D eigenvalue weighted by atomic mass is 16.0. The monoisotopic (exact) mass is 258 g/mol. The third-order valence-electron chi connectivity index (χ3n) is 3.64. The van der Waals surface area contributed by atoms with Crippen molar-refractivity contribution in [2.75, 3.05) is 0 Å². The van der Waals surface area contributed by atoms with Crippen molar-refractivity contribution >= 4 is 0 Å². The molecule has 0 spiro atoms. The number of hydrogen-bond donors (Lipinski definition) is 0. The highest BCUT2D eigenvalue weighted by molar-refractivity contribution is 4.50. The first-order chi connectivity index (χ1) is 8.27. The molecule has 0 fully saturated rings. The van der Waals surface area contributed by atoms with Crippen LogP contribution >= 0.6 is 0 Å². The van der Waals surface area contributed by atoms with Crippen molar-refractivity contribution in [3.63, 3.8) is 0 Å². The summed E-state index contributed by atoms with van der Waals surface area (Å²) in [4.78, 5) is 0. The molecule has 0 aliphatic heterocycles. The summed E-state index contributed by atoms with van der Waals surface area (Å²) in [5, 5.41) is 0. The van der Waals surface area contributed by atoms with E-state index in [0.717, 1.165) is 5.92 Å². The Kier molecular flexibility index (Phi) is 19.1. The standard InChI is InChI=1S/C17H36.H2O/c1-4-5-6-7-8-9-10-11-12-13-14-15-16-17(2)3;/h17H,4-16H2,1-3H3;1H2. The summed E-state index contributed by atoms with van der Waals surface area (Å²) < 4.78 is 0. The van der Waals surface area contributed by atoms with Gasteiger partial charge >= 0.3 is 0 Å². The highest BCUT2D eigenvalue weighted by Gasteiger charge is 1.95. The molecule has 0 saturated carbocycles. The first-order valence-electron chi connectivity index (χ1n) is 8.27. The number of hydrogen-bond acceptors (Lipinski definition) is 0. The van der Waals surface area contributed by atoms with Crippen molar-refractivity contribution < 1.29 is 5.48 Å². The van der Waals surface area contributed by atoms with E-state index in [1.807, 2.05) is 0 Å². The van der Waals surface area contributed by atoms with Gasteiger partial charge in [-0.05, 0) is 5.92 Å². The van der Waals surface area contributed by atoms with E-state index in [-0.39, 0.29) is 5.48 Å². The average Bonchev–Trinajstić information content (AvgIpc) is 2.30. The van der Waals surface area contributed by atoms with E-state index < -0.39 is 0 Å². The summed E-state index contributed by atoms with van der Waals surface area (Å²) >= 11 is 0. The lowest BCUT2D eigenvalue weighted by Crippen LogP contribution is -1.87. The lowest BCUT2D eigenvalue weighted by Gasteiger charge is -2.04. The fourth-order valence-electron chi connectivity index (χ4n) is 2.39. The van der Waals surface area contributed by atoms with Crippen LogP contribution in [-0.4, -0.2) is 5.48 Å². The van der Waals surface area contributed by atoms with Gasteiger partial charge in [0, 0.05) is 0 Å². The molecule has 1 nitrogen and oxygen atoms in total. The molecule has 0 unspecified atom stereocenters. The molecule has 0 atom stereocenters. The Hall–Kier alpha value is -0.0400. The molecule has 0 amide bonds. The van der Waals surface area contributed by atoms with E-state index in [1.165, 1.54) is 83.5 Å². The SMILES string of the molecule is CCCCCCCCCCCCCCC(C)C.O. The van der Waals surface area contributed by atoms with Crippen LogP contribution in [0.2, 0.25) is 0 Å². The minimum absolute atomic E-state index is 0. The summed E-state index contributed by atoms with van der Waals surface area (Å²) in [6.07, 6.45) is 19.0. The molecule has 18 heavy (non-hydrogen) atoms. The number of unbranched alkanes of at least 4 members (excludes halogenated alkanes) is 11. The molecule has 0 aliphatic carbocycles. The first-order valence-corrected chi connectivity index (χ1v) is 8.27. The van der Waals surface area contributed by atoms with E-state index in [1.54, 1.807) is 0 Å². The Bertz CT molecular complexity index is 132. The van der Waals surface area contributed by atoms with Crippen molar-refractivity contribution in [2.45, 2.75) is 104 Å². The summed E-state index contributed by atoms with van der Waals surface area (Å²) in [5.74, 6) is 0.901. The Balaban J connectivity index is 0. The van der Waals surface area contributed by atoms with Crippen LogP contribution in [0.15, 0.2) is 0 Å². The van der Waals surface area contributed by atoms with E-state index in [9.17, 15) is 0 Å². The lowest BCUT2D eigenvalue weighted by molar-refractivity contribution is 0.503. The van der Waals surface area contributed by atoms with E-state index in [4.69, 9.17) is 0 Å². The highest BCUT2D eigenvalue weighted by Crippen LogP contribution is 2.13. The fraction of sp³-hybridized carbons (Fsp3) is 1.00. The van der Waals surface area contributed by atoms with Crippen LogP contribution in [0, 0.1) is 5.92 Å². The Labute approximate surface area is 116 Å². The van der Waals surface area contributed by atoms with Crippen molar-refractivity contribution in [1.29, 1.82) is 0 Å². The molecule has 0 saturated heterocycles. The zero-order valence-electron chi connectivity index (χ0n) is 13.3. The maximum Gasteiger partial charge on any atom is -0.0471 e. The van der Waals surface area contributed by atoms with Gasteiger partial charge < -0.3 is 5.48 Å². The molecule has 0 bridgehead atoms. The van der Waals surface area contributed by atoms with Crippen molar-refractivity contribution in [3.05, 3.63) is 0 Å². The van der Waals surface area contributed by atoms with Crippen LogP contribution in [0.5, 0.6) is 0 Å². The maximum atomic E-state index is 2.33. The van der Waals surface area contributed by atoms with Gasteiger partial charge in [0.05, 0.1) is 0 Å². The van der Waals surface area contributed by atoms with Crippen LogP contribution in [0.25, 0.3) is 0 Å². The molecule has 0 aliphatic rings. The molecule has 112 valence electrons. The Morgan fingerprint density at radius 1 is 0.556 bits per heavy atom. The molecule has 2 N–H and O–H groups in total. The second-order valence-corrected chi connectivity index (χ2v) is 6.07. The normalized spacial score (nSPS) is 10.7. The summed E-state index contributed by atoms with van der Waals surface area (Å²) in [6.45, 7) is 6.95. The van der Waals surface area contributed by atoms with Gasteiger partial charge in [-0.1, -0.05) is 104 Å². The molecule has 0 aromatic rings. The summed E-state index contributed by atoms with van der Waals surface area (Å²) in [5.41, 5.74) is 0. The molecule has 0 aromatic heterocycles. The molecular formula is C17H38O. The average molecular weight is 258 g/mol. The van der Waals surface area contributed by atoms with Crippen LogP contribution in [0.1, 0.15) is 104 Å². The first kappa shape index (κ1) is 20.3. The molecule has 0 aromatic carbocycles. The zero-order chi connectivity index (χ0) is 12.8. The third kappa shape index (κ3) is 18.3. The van der Waals surface area contributed by atoms with Gasteiger partial charge in [-0.25, -0.2) is 0 Å². The van der Waals surface area contributed by atoms with Gasteiger partial charge in [-0.3, -0.25) is 0 Å². The summed E-state index contributed by atoms with van der Waals surface area (Å²) in [7, 11) is 0. The van der Waals surface area contributed by atoms with Crippen LogP contribution in [0.4, 0.5) is 0 Å². The van der Waals surface area contributed by atoms with Gasteiger partial charge in [-0.15, -0.1) is 0 Å². The van der Waals surface area contributed by atoms with Gasteiger partial charge in [-0.2, -0.15) is 0 Å². The van der Waals surface area contributed by atoms with Crippen molar-refractivity contribution in [2.24, 2.45) is 5.92 Å². The number of rotatable bonds is 13. The smallest absolute Gasteiger partial charge is 0.0471 e. The van der Waals surface area contributed by atoms with Gasteiger partial charge in [0.25, 0.3) is 0 Å². The lowest BCUT2D eigenvalue weighted by atomic mass is 10.0. The predicted octanol–water partition coefficient (Wildman–Crippen LogP) is 5.91. The van der Waals surface area contributed by atoms with Crippen LogP contribution in [0.3, 0.4) is 0 Å². The topological polar surface area (TPSA) is 31.5 Å². The van der Waals surface area contributed by atoms with Gasteiger partial charge in [0.2, 0.25) is 0 Å². The van der Waals surface area contributed by atoms with Crippen molar-refractivity contribution in [1.82, 2.24) is 0 Å². The quantitative estimate of drug-likeness (QED) is 0.368. The molecule has 0 radical (unpaired) electrons. The largest absolute Gasteiger partial charge is 0.412 e. The minimum atomic E-state index is 0. The zero-order valence-corrected chi connectivity index (χ0v) is 13.3. The van der Waals surface area contributed by atoms with Crippen LogP contribution < -0.4 is 0 Å². The molecule has 1 heteroatoms. The molecule has 0 heterocycles. The molecule has 0 rings (SSSR count).